The SMILES string of the molecule is CC(C)(CO)CCCNC(=O)c1ccn(-c2cccc(F)c2)n1. The summed E-state index contributed by atoms with van der Waals surface area (Å²) in [6.45, 7) is 4.61. The van der Waals surface area contributed by atoms with E-state index in [9.17, 15) is 14.3 Å². The quantitative estimate of drug-likeness (QED) is 0.771. The molecule has 23 heavy (non-hydrogen) atoms. The zero-order chi connectivity index (χ0) is 16.9. The van der Waals surface area contributed by atoms with Gasteiger partial charge in [-0.2, -0.15) is 5.10 Å². The third-order valence-electron chi connectivity index (χ3n) is 3.64. The molecule has 1 amide bonds. The molecule has 0 radical (unpaired) electrons. The van der Waals surface area contributed by atoms with Crippen LogP contribution >= 0.6 is 0 Å². The van der Waals surface area contributed by atoms with Gasteiger partial charge in [0.05, 0.1) is 5.69 Å². The topological polar surface area (TPSA) is 67.2 Å². The van der Waals surface area contributed by atoms with E-state index in [-0.39, 0.29) is 29.4 Å². The lowest BCUT2D eigenvalue weighted by molar-refractivity contribution is 0.0943. The Bertz CT molecular complexity index is 667. The van der Waals surface area contributed by atoms with Gasteiger partial charge in [-0.15, -0.1) is 0 Å². The molecule has 1 aromatic heterocycles. The van der Waals surface area contributed by atoms with Crippen LogP contribution in [-0.4, -0.2) is 33.9 Å². The summed E-state index contributed by atoms with van der Waals surface area (Å²) in [5.74, 6) is -0.613. The first-order valence-electron chi connectivity index (χ1n) is 7.62. The largest absolute Gasteiger partial charge is 0.396 e. The Balaban J connectivity index is 1.89. The summed E-state index contributed by atoms with van der Waals surface area (Å²) in [4.78, 5) is 12.0. The summed E-state index contributed by atoms with van der Waals surface area (Å²) in [6.07, 6.45) is 3.23. The highest BCUT2D eigenvalue weighted by Gasteiger charge is 2.16. The van der Waals surface area contributed by atoms with Crippen molar-refractivity contribution in [2.45, 2.75) is 26.7 Å². The van der Waals surface area contributed by atoms with Crippen molar-refractivity contribution in [1.82, 2.24) is 15.1 Å². The summed E-state index contributed by atoms with van der Waals surface area (Å²) < 4.78 is 14.7. The number of rotatable bonds is 7. The van der Waals surface area contributed by atoms with E-state index in [0.29, 0.717) is 12.2 Å². The third kappa shape index (κ3) is 4.89. The molecule has 0 spiro atoms. The van der Waals surface area contributed by atoms with Gasteiger partial charge in [0.25, 0.3) is 5.91 Å². The van der Waals surface area contributed by atoms with Crippen LogP contribution in [0.25, 0.3) is 5.69 Å². The molecule has 1 aromatic carbocycles. The number of hydrogen-bond donors (Lipinski definition) is 2. The van der Waals surface area contributed by atoms with E-state index in [1.165, 1.54) is 16.8 Å². The third-order valence-corrected chi connectivity index (χ3v) is 3.64. The molecule has 2 rings (SSSR count). The normalized spacial score (nSPS) is 11.5. The molecule has 0 aliphatic rings. The van der Waals surface area contributed by atoms with Crippen molar-refractivity contribution >= 4 is 5.91 Å². The van der Waals surface area contributed by atoms with E-state index in [0.717, 1.165) is 12.8 Å². The maximum atomic E-state index is 13.2. The van der Waals surface area contributed by atoms with Gasteiger partial charge in [-0.25, -0.2) is 9.07 Å². The van der Waals surface area contributed by atoms with Crippen LogP contribution in [0.5, 0.6) is 0 Å². The second kappa shape index (κ2) is 7.37. The molecule has 0 aliphatic heterocycles. The van der Waals surface area contributed by atoms with E-state index in [4.69, 9.17) is 0 Å². The first-order chi connectivity index (χ1) is 10.9. The van der Waals surface area contributed by atoms with Crippen LogP contribution in [-0.2, 0) is 0 Å². The van der Waals surface area contributed by atoms with E-state index in [1.807, 2.05) is 13.8 Å². The molecular formula is C17H22FN3O2. The fourth-order valence-corrected chi connectivity index (χ4v) is 2.15. The molecule has 6 heteroatoms. The van der Waals surface area contributed by atoms with Gasteiger partial charge in [-0.1, -0.05) is 19.9 Å². The molecule has 0 atom stereocenters. The van der Waals surface area contributed by atoms with Crippen LogP contribution in [0.3, 0.4) is 0 Å². The fourth-order valence-electron chi connectivity index (χ4n) is 2.15. The maximum Gasteiger partial charge on any atom is 0.271 e. The Morgan fingerprint density at radius 2 is 2.17 bits per heavy atom. The predicted octanol–water partition coefficient (Wildman–Crippen LogP) is 2.54. The highest BCUT2D eigenvalue weighted by Crippen LogP contribution is 2.20. The maximum absolute atomic E-state index is 13.2. The summed E-state index contributed by atoms with van der Waals surface area (Å²) in [7, 11) is 0. The number of aliphatic hydroxyl groups is 1. The standard InChI is InChI=1S/C17H22FN3O2/c1-17(2,12-22)8-4-9-19-16(23)15-7-10-21(20-15)14-6-3-5-13(18)11-14/h3,5-7,10-11,22H,4,8-9,12H2,1-2H3,(H,19,23). The number of halogens is 1. The minimum Gasteiger partial charge on any atom is -0.396 e. The van der Waals surface area contributed by atoms with E-state index in [1.54, 1.807) is 24.4 Å². The molecule has 0 saturated carbocycles. The van der Waals surface area contributed by atoms with Crippen molar-refractivity contribution in [3.8, 4) is 5.69 Å². The summed E-state index contributed by atoms with van der Waals surface area (Å²) >= 11 is 0. The molecule has 2 N–H and O–H groups in total. The molecule has 0 fully saturated rings. The smallest absolute Gasteiger partial charge is 0.271 e. The Hall–Kier alpha value is -2.21. The molecule has 0 saturated heterocycles. The fraction of sp³-hybridized carbons (Fsp3) is 0.412. The minimum atomic E-state index is -0.351. The zero-order valence-corrected chi connectivity index (χ0v) is 13.4. The Morgan fingerprint density at radius 1 is 1.39 bits per heavy atom. The first kappa shape index (κ1) is 17.1. The lowest BCUT2D eigenvalue weighted by Gasteiger charge is -2.21. The number of nitrogens with one attached hydrogen (secondary N) is 1. The number of amides is 1. The van der Waals surface area contributed by atoms with Crippen LogP contribution in [0.2, 0.25) is 0 Å². The summed E-state index contributed by atoms with van der Waals surface area (Å²) in [5.41, 5.74) is 0.716. The van der Waals surface area contributed by atoms with Crippen molar-refractivity contribution in [2.24, 2.45) is 5.41 Å². The van der Waals surface area contributed by atoms with Crippen molar-refractivity contribution in [3.63, 3.8) is 0 Å². The van der Waals surface area contributed by atoms with Gasteiger partial charge in [0.15, 0.2) is 5.69 Å². The van der Waals surface area contributed by atoms with Crippen molar-refractivity contribution in [2.75, 3.05) is 13.2 Å². The average molecular weight is 319 g/mol. The van der Waals surface area contributed by atoms with Gasteiger partial charge >= 0.3 is 0 Å². The van der Waals surface area contributed by atoms with Crippen LogP contribution < -0.4 is 5.32 Å². The van der Waals surface area contributed by atoms with Crippen LogP contribution in [0.4, 0.5) is 4.39 Å². The van der Waals surface area contributed by atoms with E-state index < -0.39 is 0 Å². The van der Waals surface area contributed by atoms with Crippen LogP contribution in [0.15, 0.2) is 36.5 Å². The van der Waals surface area contributed by atoms with E-state index >= 15 is 0 Å². The highest BCUT2D eigenvalue weighted by molar-refractivity contribution is 5.92. The van der Waals surface area contributed by atoms with Crippen molar-refractivity contribution < 1.29 is 14.3 Å². The van der Waals surface area contributed by atoms with E-state index in [2.05, 4.69) is 10.4 Å². The highest BCUT2D eigenvalue weighted by atomic mass is 19.1. The molecule has 2 aromatic rings. The lowest BCUT2D eigenvalue weighted by Crippen LogP contribution is -2.26. The second-order valence-corrected chi connectivity index (χ2v) is 6.31. The number of benzene rings is 1. The Kier molecular flexibility index (Phi) is 5.50. The molecule has 124 valence electrons. The number of carbonyl (C=O) groups is 1. The monoisotopic (exact) mass is 319 g/mol. The summed E-state index contributed by atoms with van der Waals surface area (Å²) in [5, 5.41) is 16.1. The lowest BCUT2D eigenvalue weighted by atomic mass is 9.89. The van der Waals surface area contributed by atoms with Gasteiger partial charge in [0.1, 0.15) is 5.82 Å². The molecule has 1 heterocycles. The number of aliphatic hydroxyl groups excluding tert-OH is 1. The molecular weight excluding hydrogens is 297 g/mol. The molecule has 0 bridgehead atoms. The number of aromatic nitrogens is 2. The van der Waals surface area contributed by atoms with Gasteiger partial charge in [-0.3, -0.25) is 4.79 Å². The molecule has 0 aliphatic carbocycles. The van der Waals surface area contributed by atoms with Crippen molar-refractivity contribution in [3.05, 3.63) is 48.0 Å². The number of hydrogen-bond acceptors (Lipinski definition) is 3. The summed E-state index contributed by atoms with van der Waals surface area (Å²) in [6, 6.07) is 7.61. The first-order valence-corrected chi connectivity index (χ1v) is 7.62. The minimum absolute atomic E-state index is 0.124. The molecule has 0 unspecified atom stereocenters. The number of nitrogens with zero attached hydrogens (tertiary/aromatic N) is 2. The van der Waals surface area contributed by atoms with Gasteiger partial charge in [0.2, 0.25) is 0 Å². The Labute approximate surface area is 135 Å². The zero-order valence-electron chi connectivity index (χ0n) is 13.4. The van der Waals surface area contributed by atoms with Crippen molar-refractivity contribution in [1.29, 1.82) is 0 Å². The number of carbonyl (C=O) groups excluding carboxylic acids is 1. The Morgan fingerprint density at radius 3 is 2.87 bits per heavy atom. The van der Waals surface area contributed by atoms with Gasteiger partial charge < -0.3 is 10.4 Å². The van der Waals surface area contributed by atoms with Crippen LogP contribution in [0, 0.1) is 11.2 Å². The van der Waals surface area contributed by atoms with Gasteiger partial charge in [-0.05, 0) is 42.5 Å². The predicted molar refractivity (Wildman–Crippen MR) is 86.0 cm³/mol. The second-order valence-electron chi connectivity index (χ2n) is 6.31. The average Bonchev–Trinajstić information content (AvgIpc) is 3.01. The van der Waals surface area contributed by atoms with Crippen LogP contribution in [0.1, 0.15) is 37.2 Å². The van der Waals surface area contributed by atoms with Gasteiger partial charge in [0, 0.05) is 19.3 Å². The molecule has 5 nitrogen and oxygen atoms in total.